The van der Waals surface area contributed by atoms with E-state index in [1.54, 1.807) is 30.0 Å². The Kier molecular flexibility index (Phi) is 3.84. The Bertz CT molecular complexity index is 704. The predicted octanol–water partition coefficient (Wildman–Crippen LogP) is 3.74. The van der Waals surface area contributed by atoms with Crippen LogP contribution in [0, 0.1) is 9.39 Å². The normalized spacial score (nSPS) is 17.4. The molecule has 1 amide bonds. The van der Waals surface area contributed by atoms with Crippen LogP contribution in [-0.2, 0) is 11.3 Å². The van der Waals surface area contributed by atoms with E-state index in [1.165, 1.54) is 6.07 Å². The van der Waals surface area contributed by atoms with Crippen molar-refractivity contribution in [2.45, 2.75) is 19.6 Å². The number of halogens is 2. The van der Waals surface area contributed by atoms with Gasteiger partial charge in [-0.1, -0.05) is 18.2 Å². The first kappa shape index (κ1) is 14.3. The van der Waals surface area contributed by atoms with Gasteiger partial charge in [-0.15, -0.1) is 0 Å². The summed E-state index contributed by atoms with van der Waals surface area (Å²) < 4.78 is 20.5. The molecule has 2 aromatic rings. The molecule has 2 aromatic carbocycles. The molecule has 3 nitrogen and oxygen atoms in total. The fraction of sp³-hybridized carbons (Fsp3) is 0.188. The van der Waals surface area contributed by atoms with Crippen molar-refractivity contribution in [2.24, 2.45) is 0 Å². The molecule has 21 heavy (non-hydrogen) atoms. The molecule has 0 N–H and O–H groups in total. The maximum absolute atomic E-state index is 13.8. The highest BCUT2D eigenvalue weighted by Crippen LogP contribution is 2.36. The van der Waals surface area contributed by atoms with E-state index in [0.29, 0.717) is 17.0 Å². The Morgan fingerprint density at radius 1 is 1.29 bits per heavy atom. The first-order valence-electron chi connectivity index (χ1n) is 6.57. The molecular formula is C16H13FINO2. The second-order valence-electron chi connectivity index (χ2n) is 4.89. The monoisotopic (exact) mass is 397 g/mol. The van der Waals surface area contributed by atoms with Gasteiger partial charge in [0.15, 0.2) is 6.10 Å². The second kappa shape index (κ2) is 5.63. The van der Waals surface area contributed by atoms with Crippen LogP contribution in [0.25, 0.3) is 0 Å². The Labute approximate surface area is 135 Å². The maximum Gasteiger partial charge on any atom is 0.268 e. The molecule has 1 atom stereocenters. The van der Waals surface area contributed by atoms with Gasteiger partial charge >= 0.3 is 0 Å². The summed E-state index contributed by atoms with van der Waals surface area (Å²) in [6.45, 7) is 1.91. The molecule has 0 fully saturated rings. The Hall–Kier alpha value is -1.63. The third kappa shape index (κ3) is 2.74. The Morgan fingerprint density at radius 2 is 2.05 bits per heavy atom. The van der Waals surface area contributed by atoms with Crippen LogP contribution in [0.3, 0.4) is 0 Å². The zero-order chi connectivity index (χ0) is 15.0. The van der Waals surface area contributed by atoms with Gasteiger partial charge in [0.05, 0.1) is 12.2 Å². The number of amides is 1. The zero-order valence-electron chi connectivity index (χ0n) is 11.3. The van der Waals surface area contributed by atoms with E-state index in [2.05, 4.69) is 22.6 Å². The first-order chi connectivity index (χ1) is 10.1. The van der Waals surface area contributed by atoms with Gasteiger partial charge in [-0.3, -0.25) is 4.79 Å². The van der Waals surface area contributed by atoms with E-state index >= 15 is 0 Å². The molecule has 0 radical (unpaired) electrons. The van der Waals surface area contributed by atoms with Gasteiger partial charge in [0.2, 0.25) is 0 Å². The van der Waals surface area contributed by atoms with E-state index in [4.69, 9.17) is 4.74 Å². The van der Waals surface area contributed by atoms with Crippen molar-refractivity contribution in [2.75, 3.05) is 4.90 Å². The molecule has 0 aliphatic carbocycles. The summed E-state index contributed by atoms with van der Waals surface area (Å²) in [5.41, 5.74) is 1.17. The van der Waals surface area contributed by atoms with Crippen LogP contribution in [-0.4, -0.2) is 12.0 Å². The lowest BCUT2D eigenvalue weighted by Gasteiger charge is -2.33. The second-order valence-corrected chi connectivity index (χ2v) is 6.13. The minimum atomic E-state index is -0.567. The average Bonchev–Trinajstić information content (AvgIpc) is 2.45. The summed E-state index contributed by atoms with van der Waals surface area (Å²) in [6, 6.07) is 12.1. The average molecular weight is 397 g/mol. The molecule has 0 aromatic heterocycles. The fourth-order valence-electron chi connectivity index (χ4n) is 2.34. The van der Waals surface area contributed by atoms with Crippen molar-refractivity contribution in [1.82, 2.24) is 0 Å². The molecule has 1 heterocycles. The largest absolute Gasteiger partial charge is 0.479 e. The Morgan fingerprint density at radius 3 is 2.81 bits per heavy atom. The molecule has 3 rings (SSSR count). The van der Waals surface area contributed by atoms with Crippen LogP contribution in [0.15, 0.2) is 42.5 Å². The fourth-order valence-corrected chi connectivity index (χ4v) is 2.81. The summed E-state index contributed by atoms with van der Waals surface area (Å²) in [5, 5.41) is 0. The van der Waals surface area contributed by atoms with Crippen molar-refractivity contribution in [3.8, 4) is 5.75 Å². The lowest BCUT2D eigenvalue weighted by atomic mass is 10.1. The van der Waals surface area contributed by atoms with Gasteiger partial charge in [0.1, 0.15) is 11.6 Å². The molecule has 0 saturated heterocycles. The molecular weight excluding hydrogens is 384 g/mol. The van der Waals surface area contributed by atoms with Crippen molar-refractivity contribution in [3.63, 3.8) is 0 Å². The number of hydrogen-bond donors (Lipinski definition) is 0. The van der Waals surface area contributed by atoms with Crippen LogP contribution >= 0.6 is 22.6 Å². The number of carbonyl (C=O) groups excluding carboxylic acids is 1. The number of ether oxygens (including phenoxy) is 1. The van der Waals surface area contributed by atoms with E-state index in [1.807, 2.05) is 18.2 Å². The highest BCUT2D eigenvalue weighted by atomic mass is 127. The smallest absolute Gasteiger partial charge is 0.268 e. The number of carbonyl (C=O) groups is 1. The molecule has 1 unspecified atom stereocenters. The first-order valence-corrected chi connectivity index (χ1v) is 7.65. The van der Waals surface area contributed by atoms with Crippen LogP contribution < -0.4 is 9.64 Å². The van der Waals surface area contributed by atoms with E-state index < -0.39 is 6.10 Å². The van der Waals surface area contributed by atoms with Crippen molar-refractivity contribution in [1.29, 1.82) is 0 Å². The van der Waals surface area contributed by atoms with Crippen LogP contribution in [0.5, 0.6) is 5.75 Å². The molecule has 1 aliphatic rings. The lowest BCUT2D eigenvalue weighted by Crippen LogP contribution is -2.44. The molecule has 1 aliphatic heterocycles. The number of fused-ring (bicyclic) bond motifs is 1. The van der Waals surface area contributed by atoms with Crippen LogP contribution in [0.1, 0.15) is 12.5 Å². The molecule has 108 valence electrons. The topological polar surface area (TPSA) is 29.5 Å². The lowest BCUT2D eigenvalue weighted by molar-refractivity contribution is -0.125. The predicted molar refractivity (Wildman–Crippen MR) is 86.8 cm³/mol. The van der Waals surface area contributed by atoms with Crippen molar-refractivity contribution < 1.29 is 13.9 Å². The maximum atomic E-state index is 13.8. The summed E-state index contributed by atoms with van der Waals surface area (Å²) in [7, 11) is 0. The summed E-state index contributed by atoms with van der Waals surface area (Å²) in [4.78, 5) is 13.9. The standard InChI is InChI=1S/C16H13FINO2/c1-10-16(20)19(9-11-4-2-3-5-13(11)17)14-7-6-12(18)8-15(14)21-10/h2-8,10H,9H2,1H3. The minimum absolute atomic E-state index is 0.160. The van der Waals surface area contributed by atoms with Crippen LogP contribution in [0.2, 0.25) is 0 Å². The van der Waals surface area contributed by atoms with E-state index in [-0.39, 0.29) is 18.3 Å². The van der Waals surface area contributed by atoms with Crippen molar-refractivity contribution in [3.05, 3.63) is 57.4 Å². The quantitative estimate of drug-likeness (QED) is 0.723. The van der Waals surface area contributed by atoms with E-state index in [0.717, 1.165) is 3.57 Å². The van der Waals surface area contributed by atoms with Gasteiger partial charge < -0.3 is 9.64 Å². The molecule has 0 saturated carbocycles. The zero-order valence-corrected chi connectivity index (χ0v) is 13.5. The van der Waals surface area contributed by atoms with Gasteiger partial charge in [0, 0.05) is 9.13 Å². The Balaban J connectivity index is 2.01. The molecule has 5 heteroatoms. The van der Waals surface area contributed by atoms with E-state index in [9.17, 15) is 9.18 Å². The van der Waals surface area contributed by atoms with Crippen LogP contribution in [0.4, 0.5) is 10.1 Å². The number of benzene rings is 2. The third-order valence-corrected chi connectivity index (χ3v) is 4.09. The minimum Gasteiger partial charge on any atom is -0.479 e. The van der Waals surface area contributed by atoms with Crippen molar-refractivity contribution >= 4 is 34.2 Å². The SMILES string of the molecule is CC1Oc2cc(I)ccc2N(Cc2ccccc2F)C1=O. The summed E-state index contributed by atoms with van der Waals surface area (Å²) in [5.74, 6) is 0.189. The third-order valence-electron chi connectivity index (χ3n) is 3.42. The summed E-state index contributed by atoms with van der Waals surface area (Å²) in [6.07, 6.45) is -0.567. The van der Waals surface area contributed by atoms with Gasteiger partial charge in [-0.05, 0) is 53.8 Å². The number of rotatable bonds is 2. The number of nitrogens with zero attached hydrogens (tertiary/aromatic N) is 1. The highest BCUT2D eigenvalue weighted by Gasteiger charge is 2.31. The number of anilines is 1. The van der Waals surface area contributed by atoms with Gasteiger partial charge in [0.25, 0.3) is 5.91 Å². The van der Waals surface area contributed by atoms with Gasteiger partial charge in [-0.2, -0.15) is 0 Å². The highest BCUT2D eigenvalue weighted by molar-refractivity contribution is 14.1. The molecule has 0 spiro atoms. The molecule has 0 bridgehead atoms. The summed E-state index contributed by atoms with van der Waals surface area (Å²) >= 11 is 2.19. The number of hydrogen-bond acceptors (Lipinski definition) is 2. The van der Waals surface area contributed by atoms with Gasteiger partial charge in [-0.25, -0.2) is 4.39 Å².